The Morgan fingerprint density at radius 3 is 2.43 bits per heavy atom. The third-order valence-electron chi connectivity index (χ3n) is 5.19. The van der Waals surface area contributed by atoms with Gasteiger partial charge in [0.25, 0.3) is 0 Å². The number of sulfonamides is 1. The number of hydrogen-bond donors (Lipinski definition) is 1. The maximum absolute atomic E-state index is 13.3. The first-order valence-electron chi connectivity index (χ1n) is 9.42. The lowest BCUT2D eigenvalue weighted by Crippen LogP contribution is -2.40. The fourth-order valence-corrected chi connectivity index (χ4v) is 6.61. The molecule has 30 heavy (non-hydrogen) atoms. The lowest BCUT2D eigenvalue weighted by Gasteiger charge is -2.21. The Bertz CT molecular complexity index is 1180. The van der Waals surface area contributed by atoms with E-state index in [-0.39, 0.29) is 23.1 Å². The highest BCUT2D eigenvalue weighted by atomic mass is 32.2. The van der Waals surface area contributed by atoms with Gasteiger partial charge in [-0.25, -0.2) is 8.42 Å². The van der Waals surface area contributed by atoms with Crippen molar-refractivity contribution in [1.29, 1.82) is 0 Å². The van der Waals surface area contributed by atoms with Gasteiger partial charge in [0.1, 0.15) is 11.8 Å². The van der Waals surface area contributed by atoms with Crippen LogP contribution in [-0.2, 0) is 14.8 Å². The number of nitrogens with zero attached hydrogens (tertiary/aromatic N) is 1. The molecule has 0 aliphatic carbocycles. The summed E-state index contributed by atoms with van der Waals surface area (Å²) in [7, 11) is -2.35. The number of rotatable bonds is 6. The highest BCUT2D eigenvalue weighted by Gasteiger charge is 2.44. The molecule has 4 rings (SSSR count). The van der Waals surface area contributed by atoms with E-state index < -0.39 is 22.0 Å². The lowest BCUT2D eigenvalue weighted by molar-refractivity contribution is -0.140. The molecular weight excluding hydrogens is 422 g/mol. The Morgan fingerprint density at radius 2 is 1.77 bits per heavy atom. The summed E-state index contributed by atoms with van der Waals surface area (Å²) in [6, 6.07) is 18.7. The first-order chi connectivity index (χ1) is 14.4. The largest absolute Gasteiger partial charge is 0.497 e. The minimum absolute atomic E-state index is 0.113. The molecule has 3 aromatic rings. The van der Waals surface area contributed by atoms with E-state index in [9.17, 15) is 18.3 Å². The Morgan fingerprint density at radius 1 is 1.07 bits per heavy atom. The van der Waals surface area contributed by atoms with Crippen molar-refractivity contribution < 1.29 is 23.1 Å². The Labute approximate surface area is 179 Å². The standard InChI is InChI=1S/C22H21NO5S2/c1-28-17-7-9-18(10-8-17)29-19-13-21(22(24)25)23(14-19)30(26,27)20-11-6-15-4-2-3-5-16(15)12-20/h2-12,19,21H,13-14H2,1H3,(H,24,25)/t19-,21+/m1/s1. The molecule has 8 heteroatoms. The van der Waals surface area contributed by atoms with Gasteiger partial charge in [-0.05, 0) is 53.6 Å². The molecule has 1 saturated heterocycles. The zero-order valence-corrected chi connectivity index (χ0v) is 17.9. The van der Waals surface area contributed by atoms with E-state index in [1.54, 1.807) is 25.3 Å². The number of fused-ring (bicyclic) bond motifs is 1. The van der Waals surface area contributed by atoms with E-state index in [0.717, 1.165) is 25.7 Å². The number of carboxylic acids is 1. The van der Waals surface area contributed by atoms with Crippen molar-refractivity contribution in [3.63, 3.8) is 0 Å². The van der Waals surface area contributed by atoms with Crippen molar-refractivity contribution in [3.8, 4) is 5.75 Å². The van der Waals surface area contributed by atoms with Gasteiger partial charge >= 0.3 is 5.97 Å². The van der Waals surface area contributed by atoms with E-state index in [0.29, 0.717) is 0 Å². The minimum Gasteiger partial charge on any atom is -0.497 e. The molecule has 2 atom stereocenters. The van der Waals surface area contributed by atoms with Crippen LogP contribution in [0.1, 0.15) is 6.42 Å². The molecule has 0 aromatic heterocycles. The zero-order valence-electron chi connectivity index (χ0n) is 16.3. The molecule has 1 aliphatic heterocycles. The van der Waals surface area contributed by atoms with Crippen LogP contribution in [0.25, 0.3) is 10.8 Å². The molecule has 0 radical (unpaired) electrons. The highest BCUT2D eigenvalue weighted by Crippen LogP contribution is 2.37. The van der Waals surface area contributed by atoms with E-state index in [1.165, 1.54) is 11.8 Å². The zero-order chi connectivity index (χ0) is 21.3. The van der Waals surface area contributed by atoms with Crippen LogP contribution in [0.5, 0.6) is 5.75 Å². The average Bonchev–Trinajstić information content (AvgIpc) is 3.19. The number of benzene rings is 3. The maximum Gasteiger partial charge on any atom is 0.322 e. The van der Waals surface area contributed by atoms with Crippen molar-refractivity contribution in [2.45, 2.75) is 27.5 Å². The Kier molecular flexibility index (Phi) is 5.73. The number of carboxylic acid groups (broad SMARTS) is 1. The van der Waals surface area contributed by atoms with Crippen molar-refractivity contribution in [2.24, 2.45) is 0 Å². The van der Waals surface area contributed by atoms with E-state index in [4.69, 9.17) is 4.74 Å². The second kappa shape index (κ2) is 8.29. The van der Waals surface area contributed by atoms with Gasteiger partial charge in [-0.1, -0.05) is 30.3 Å². The molecule has 1 heterocycles. The molecule has 3 aromatic carbocycles. The number of carbonyl (C=O) groups is 1. The van der Waals surface area contributed by atoms with Crippen molar-refractivity contribution in [3.05, 3.63) is 66.7 Å². The van der Waals surface area contributed by atoms with Crippen LogP contribution in [0.2, 0.25) is 0 Å². The van der Waals surface area contributed by atoms with Gasteiger partial charge in [-0.15, -0.1) is 11.8 Å². The summed E-state index contributed by atoms with van der Waals surface area (Å²) < 4.78 is 32.9. The van der Waals surface area contributed by atoms with Gasteiger partial charge in [-0.2, -0.15) is 4.31 Å². The number of thioether (sulfide) groups is 1. The summed E-state index contributed by atoms with van der Waals surface area (Å²) in [5.74, 6) is -0.396. The number of hydrogen-bond acceptors (Lipinski definition) is 5. The fraction of sp³-hybridized carbons (Fsp3) is 0.227. The minimum atomic E-state index is -3.94. The Hall–Kier alpha value is -2.55. The molecule has 1 fully saturated rings. The maximum atomic E-state index is 13.3. The smallest absolute Gasteiger partial charge is 0.322 e. The van der Waals surface area contributed by atoms with Crippen LogP contribution in [0.3, 0.4) is 0 Å². The van der Waals surface area contributed by atoms with Crippen molar-refractivity contribution >= 4 is 38.5 Å². The number of methoxy groups -OCH3 is 1. The van der Waals surface area contributed by atoms with Crippen LogP contribution in [-0.4, -0.2) is 48.7 Å². The van der Waals surface area contributed by atoms with Crippen molar-refractivity contribution in [1.82, 2.24) is 4.31 Å². The molecule has 6 nitrogen and oxygen atoms in total. The quantitative estimate of drug-likeness (QED) is 0.623. The summed E-state index contributed by atoms with van der Waals surface area (Å²) in [5.41, 5.74) is 0. The van der Waals surface area contributed by atoms with Gasteiger partial charge in [0.2, 0.25) is 10.0 Å². The summed E-state index contributed by atoms with van der Waals surface area (Å²) in [5, 5.41) is 11.3. The second-order valence-electron chi connectivity index (χ2n) is 7.09. The monoisotopic (exact) mass is 443 g/mol. The second-order valence-corrected chi connectivity index (χ2v) is 10.4. The molecule has 0 saturated carbocycles. The first kappa shape index (κ1) is 20.7. The highest BCUT2D eigenvalue weighted by molar-refractivity contribution is 8.00. The van der Waals surface area contributed by atoms with Gasteiger partial charge in [0.05, 0.1) is 12.0 Å². The summed E-state index contributed by atoms with van der Waals surface area (Å²) in [6.45, 7) is 0.142. The summed E-state index contributed by atoms with van der Waals surface area (Å²) in [4.78, 5) is 12.9. The number of ether oxygens (including phenoxy) is 1. The van der Waals surface area contributed by atoms with Gasteiger partial charge < -0.3 is 9.84 Å². The third kappa shape index (κ3) is 4.03. The molecule has 0 amide bonds. The molecule has 0 spiro atoms. The molecule has 1 N–H and O–H groups in total. The van der Waals surface area contributed by atoms with Gasteiger partial charge in [0.15, 0.2) is 0 Å². The van der Waals surface area contributed by atoms with Crippen LogP contribution >= 0.6 is 11.8 Å². The SMILES string of the molecule is COc1ccc(S[C@@H]2C[C@@H](C(=O)O)N(S(=O)(=O)c3ccc4ccccc4c3)C2)cc1. The summed E-state index contributed by atoms with van der Waals surface area (Å²) in [6.07, 6.45) is 0.249. The van der Waals surface area contributed by atoms with Crippen LogP contribution in [0.4, 0.5) is 0 Å². The summed E-state index contributed by atoms with van der Waals surface area (Å²) >= 11 is 1.48. The lowest BCUT2D eigenvalue weighted by atomic mass is 10.1. The van der Waals surface area contributed by atoms with Crippen LogP contribution in [0, 0.1) is 0 Å². The predicted octanol–water partition coefficient (Wildman–Crippen LogP) is 3.86. The van der Waals surface area contributed by atoms with Crippen molar-refractivity contribution in [2.75, 3.05) is 13.7 Å². The van der Waals surface area contributed by atoms with E-state index >= 15 is 0 Å². The molecule has 1 aliphatic rings. The fourth-order valence-electron chi connectivity index (χ4n) is 3.65. The topological polar surface area (TPSA) is 83.9 Å². The van der Waals surface area contributed by atoms with E-state index in [2.05, 4.69) is 0 Å². The van der Waals surface area contributed by atoms with Gasteiger partial charge in [0, 0.05) is 16.7 Å². The van der Waals surface area contributed by atoms with Gasteiger partial charge in [-0.3, -0.25) is 4.79 Å². The van der Waals surface area contributed by atoms with Crippen LogP contribution in [0.15, 0.2) is 76.5 Å². The molecule has 0 unspecified atom stereocenters. The normalized spacial score (nSPS) is 19.8. The number of aliphatic carboxylic acids is 1. The molecule has 0 bridgehead atoms. The van der Waals surface area contributed by atoms with Crippen LogP contribution < -0.4 is 4.74 Å². The van der Waals surface area contributed by atoms with E-state index in [1.807, 2.05) is 48.5 Å². The predicted molar refractivity (Wildman–Crippen MR) is 117 cm³/mol. The third-order valence-corrected chi connectivity index (χ3v) is 8.28. The first-order valence-corrected chi connectivity index (χ1v) is 11.7. The average molecular weight is 444 g/mol. The molecule has 156 valence electrons. The molecular formula is C22H21NO5S2. The Balaban J connectivity index is 1.60.